The third-order valence-electron chi connectivity index (χ3n) is 2.90. The van der Waals surface area contributed by atoms with Gasteiger partial charge in [-0.3, -0.25) is 4.79 Å². The van der Waals surface area contributed by atoms with E-state index in [4.69, 9.17) is 4.74 Å². The van der Waals surface area contributed by atoms with Crippen LogP contribution in [0.25, 0.3) is 0 Å². The highest BCUT2D eigenvalue weighted by Crippen LogP contribution is 2.42. The Bertz CT molecular complexity index is 419. The molecule has 1 aromatic rings. The van der Waals surface area contributed by atoms with E-state index in [1.165, 1.54) is 0 Å². The maximum absolute atomic E-state index is 11.5. The van der Waals surface area contributed by atoms with Crippen molar-refractivity contribution in [3.8, 4) is 0 Å². The van der Waals surface area contributed by atoms with E-state index in [1.807, 2.05) is 24.3 Å². The van der Waals surface area contributed by atoms with Crippen LogP contribution >= 0.6 is 11.8 Å². The largest absolute Gasteiger partial charge is 0.466 e. The third-order valence-corrected chi connectivity index (χ3v) is 3.98. The molecule has 0 amide bonds. The minimum Gasteiger partial charge on any atom is -0.466 e. The Hall–Kier alpha value is -1.00. The molecule has 1 N–H and O–H groups in total. The number of carbonyl (C=O) groups excluding carboxylic acids is 1. The fraction of sp³-hybridized carbons (Fsp3) is 0.462. The number of esters is 1. The van der Waals surface area contributed by atoms with Crippen molar-refractivity contribution in [1.82, 2.24) is 0 Å². The summed E-state index contributed by atoms with van der Waals surface area (Å²) in [5, 5.41) is 10.6. The Kier molecular flexibility index (Phi) is 3.74. The van der Waals surface area contributed by atoms with Crippen LogP contribution in [0.5, 0.6) is 0 Å². The first-order valence-corrected chi connectivity index (χ1v) is 6.74. The monoisotopic (exact) mass is 252 g/mol. The average Bonchev–Trinajstić information content (AvgIpc) is 2.29. The van der Waals surface area contributed by atoms with Crippen molar-refractivity contribution in [2.24, 2.45) is 0 Å². The lowest BCUT2D eigenvalue weighted by molar-refractivity contribution is -0.149. The van der Waals surface area contributed by atoms with E-state index in [-0.39, 0.29) is 12.4 Å². The Morgan fingerprint density at radius 1 is 1.53 bits per heavy atom. The van der Waals surface area contributed by atoms with Crippen molar-refractivity contribution in [2.75, 3.05) is 12.4 Å². The van der Waals surface area contributed by atoms with Gasteiger partial charge in [0.1, 0.15) is 5.60 Å². The Labute approximate surface area is 105 Å². The van der Waals surface area contributed by atoms with E-state index in [0.29, 0.717) is 13.0 Å². The maximum Gasteiger partial charge on any atom is 0.309 e. The first-order valence-electron chi connectivity index (χ1n) is 5.76. The van der Waals surface area contributed by atoms with Crippen LogP contribution in [0.15, 0.2) is 29.2 Å². The number of carbonyl (C=O) groups is 1. The number of thioether (sulfide) groups is 1. The molecule has 4 heteroatoms. The van der Waals surface area contributed by atoms with Crippen LogP contribution in [0, 0.1) is 0 Å². The van der Waals surface area contributed by atoms with Crippen molar-refractivity contribution in [1.29, 1.82) is 0 Å². The van der Waals surface area contributed by atoms with Crippen LogP contribution < -0.4 is 0 Å². The molecule has 3 nitrogen and oxygen atoms in total. The summed E-state index contributed by atoms with van der Waals surface area (Å²) in [6, 6.07) is 7.71. The zero-order chi connectivity index (χ0) is 12.3. The molecule has 0 fully saturated rings. The van der Waals surface area contributed by atoms with E-state index in [2.05, 4.69) is 0 Å². The zero-order valence-corrected chi connectivity index (χ0v) is 10.6. The van der Waals surface area contributed by atoms with E-state index in [0.717, 1.165) is 16.2 Å². The fourth-order valence-corrected chi connectivity index (χ4v) is 3.32. The highest BCUT2D eigenvalue weighted by atomic mass is 32.2. The molecule has 1 aliphatic heterocycles. The molecular weight excluding hydrogens is 236 g/mol. The molecule has 1 heterocycles. The summed E-state index contributed by atoms with van der Waals surface area (Å²) < 4.78 is 4.92. The summed E-state index contributed by atoms with van der Waals surface area (Å²) in [5.74, 6) is 0.490. The van der Waals surface area contributed by atoms with Crippen LogP contribution in [0.2, 0.25) is 0 Å². The van der Waals surface area contributed by atoms with Crippen molar-refractivity contribution in [3.63, 3.8) is 0 Å². The molecule has 17 heavy (non-hydrogen) atoms. The van der Waals surface area contributed by atoms with Crippen molar-refractivity contribution < 1.29 is 14.6 Å². The predicted molar refractivity (Wildman–Crippen MR) is 66.9 cm³/mol. The highest BCUT2D eigenvalue weighted by molar-refractivity contribution is 7.99. The summed E-state index contributed by atoms with van der Waals surface area (Å²) >= 11 is 1.72. The number of fused-ring (bicyclic) bond motifs is 1. The maximum atomic E-state index is 11.5. The molecule has 0 spiro atoms. The number of ether oxygens (including phenoxy) is 1. The molecule has 0 aliphatic carbocycles. The van der Waals surface area contributed by atoms with Gasteiger partial charge in [0.15, 0.2) is 0 Å². The molecule has 0 saturated heterocycles. The molecule has 0 radical (unpaired) electrons. The molecule has 0 saturated carbocycles. The molecular formula is C13H16O3S. The summed E-state index contributed by atoms with van der Waals surface area (Å²) in [6.45, 7) is 2.12. The minimum atomic E-state index is -1.06. The van der Waals surface area contributed by atoms with Crippen LogP contribution in [-0.2, 0) is 15.1 Å². The predicted octanol–water partition coefficient (Wildman–Crippen LogP) is 2.32. The molecule has 0 aromatic heterocycles. The lowest BCUT2D eigenvalue weighted by atomic mass is 9.87. The normalized spacial score (nSPS) is 22.9. The van der Waals surface area contributed by atoms with Gasteiger partial charge in [0, 0.05) is 10.6 Å². The SMILES string of the molecule is CCOC(=O)CC1(O)CCSc2ccccc21. The van der Waals surface area contributed by atoms with E-state index < -0.39 is 5.60 Å². The molecule has 92 valence electrons. The van der Waals surface area contributed by atoms with Crippen LogP contribution in [0.3, 0.4) is 0 Å². The van der Waals surface area contributed by atoms with Gasteiger partial charge >= 0.3 is 5.97 Å². The second-order valence-corrected chi connectivity index (χ2v) is 5.24. The van der Waals surface area contributed by atoms with Gasteiger partial charge in [0.05, 0.1) is 13.0 Å². The van der Waals surface area contributed by atoms with Gasteiger partial charge in [0.2, 0.25) is 0 Å². The van der Waals surface area contributed by atoms with Crippen LogP contribution in [0.4, 0.5) is 0 Å². The van der Waals surface area contributed by atoms with Crippen LogP contribution in [0.1, 0.15) is 25.3 Å². The Balaban J connectivity index is 2.23. The van der Waals surface area contributed by atoms with Crippen molar-refractivity contribution >= 4 is 17.7 Å². The molecule has 1 aliphatic rings. The summed E-state index contributed by atoms with van der Waals surface area (Å²) in [6.07, 6.45) is 0.631. The number of rotatable bonds is 3. The lowest BCUT2D eigenvalue weighted by Gasteiger charge is -2.33. The number of hydrogen-bond donors (Lipinski definition) is 1. The van der Waals surface area contributed by atoms with Gasteiger partial charge in [-0.1, -0.05) is 18.2 Å². The van der Waals surface area contributed by atoms with Gasteiger partial charge < -0.3 is 9.84 Å². The second kappa shape index (κ2) is 5.10. The Morgan fingerprint density at radius 2 is 2.29 bits per heavy atom. The topological polar surface area (TPSA) is 46.5 Å². The highest BCUT2D eigenvalue weighted by Gasteiger charge is 2.37. The summed E-state index contributed by atoms with van der Waals surface area (Å²) in [5.41, 5.74) is -0.210. The second-order valence-electron chi connectivity index (χ2n) is 4.11. The van der Waals surface area contributed by atoms with Gasteiger partial charge in [-0.05, 0) is 25.0 Å². The summed E-state index contributed by atoms with van der Waals surface area (Å²) in [7, 11) is 0. The van der Waals surface area contributed by atoms with Gasteiger partial charge in [-0.25, -0.2) is 0 Å². The number of benzene rings is 1. The van der Waals surface area contributed by atoms with E-state index in [1.54, 1.807) is 18.7 Å². The van der Waals surface area contributed by atoms with E-state index in [9.17, 15) is 9.90 Å². The molecule has 1 atom stereocenters. The quantitative estimate of drug-likeness (QED) is 0.839. The summed E-state index contributed by atoms with van der Waals surface area (Å²) in [4.78, 5) is 12.6. The van der Waals surface area contributed by atoms with Crippen molar-refractivity contribution in [3.05, 3.63) is 29.8 Å². The molecule has 0 bridgehead atoms. The standard InChI is InChI=1S/C13H16O3S/c1-2-16-12(14)9-13(15)7-8-17-11-6-4-3-5-10(11)13/h3-6,15H,2,7-9H2,1H3. The molecule has 1 aromatic carbocycles. The molecule has 1 unspecified atom stereocenters. The first kappa shape index (κ1) is 12.5. The number of aliphatic hydroxyl groups is 1. The van der Waals surface area contributed by atoms with Crippen molar-refractivity contribution in [2.45, 2.75) is 30.3 Å². The lowest BCUT2D eigenvalue weighted by Crippen LogP contribution is -2.33. The third kappa shape index (κ3) is 2.64. The van der Waals surface area contributed by atoms with Gasteiger partial charge in [-0.2, -0.15) is 0 Å². The zero-order valence-electron chi connectivity index (χ0n) is 9.81. The van der Waals surface area contributed by atoms with E-state index >= 15 is 0 Å². The van der Waals surface area contributed by atoms with Gasteiger partial charge in [-0.15, -0.1) is 11.8 Å². The average molecular weight is 252 g/mol. The van der Waals surface area contributed by atoms with Crippen LogP contribution in [-0.4, -0.2) is 23.4 Å². The first-order chi connectivity index (χ1) is 8.15. The smallest absolute Gasteiger partial charge is 0.309 e. The fourth-order valence-electron chi connectivity index (χ4n) is 2.08. The van der Waals surface area contributed by atoms with Gasteiger partial charge in [0.25, 0.3) is 0 Å². The number of hydrogen-bond acceptors (Lipinski definition) is 4. The Morgan fingerprint density at radius 3 is 3.06 bits per heavy atom. The minimum absolute atomic E-state index is 0.0401. The molecule has 2 rings (SSSR count).